The van der Waals surface area contributed by atoms with Gasteiger partial charge in [-0.15, -0.1) is 0 Å². The van der Waals surface area contributed by atoms with Crippen molar-refractivity contribution >= 4 is 15.9 Å². The molecular weight excluding hydrogens is 216 g/mol. The van der Waals surface area contributed by atoms with Gasteiger partial charge in [-0.2, -0.15) is 0 Å². The smallest absolute Gasteiger partial charge is 0.0679 e. The zero-order valence-corrected chi connectivity index (χ0v) is 9.69. The Morgan fingerprint density at radius 3 is 2.92 bits per heavy atom. The fourth-order valence-corrected chi connectivity index (χ4v) is 2.50. The molecule has 0 aliphatic carbocycles. The van der Waals surface area contributed by atoms with Crippen LogP contribution in [0.4, 0.5) is 0 Å². The standard InChI is InChI=1S/C10H19BrO/c1-3-6-10(2)7-4-5-9(8-11)12-10/h9H,3-8H2,1-2H3. The van der Waals surface area contributed by atoms with Gasteiger partial charge < -0.3 is 4.74 Å². The van der Waals surface area contributed by atoms with Crippen LogP contribution in [-0.4, -0.2) is 17.0 Å². The monoisotopic (exact) mass is 234 g/mol. The number of halogens is 1. The van der Waals surface area contributed by atoms with Crippen LogP contribution in [0, 0.1) is 0 Å². The number of rotatable bonds is 3. The molecule has 0 aromatic heterocycles. The molecule has 1 nitrogen and oxygen atoms in total. The third-order valence-electron chi connectivity index (χ3n) is 2.63. The molecule has 2 heteroatoms. The molecule has 0 spiro atoms. The fourth-order valence-electron chi connectivity index (χ4n) is 2.05. The van der Waals surface area contributed by atoms with Gasteiger partial charge in [0.25, 0.3) is 0 Å². The van der Waals surface area contributed by atoms with Gasteiger partial charge in [-0.1, -0.05) is 29.3 Å². The third kappa shape index (κ3) is 2.74. The Hall–Kier alpha value is 0.440. The van der Waals surface area contributed by atoms with Crippen molar-refractivity contribution in [2.45, 2.75) is 57.7 Å². The molecule has 0 aromatic rings. The van der Waals surface area contributed by atoms with E-state index >= 15 is 0 Å². The summed E-state index contributed by atoms with van der Waals surface area (Å²) in [6, 6.07) is 0. The van der Waals surface area contributed by atoms with E-state index in [4.69, 9.17) is 4.74 Å². The van der Waals surface area contributed by atoms with Crippen molar-refractivity contribution in [2.75, 3.05) is 5.33 Å². The van der Waals surface area contributed by atoms with Crippen molar-refractivity contribution in [3.8, 4) is 0 Å². The Kier molecular flexibility index (Phi) is 4.04. The van der Waals surface area contributed by atoms with E-state index in [0.717, 1.165) is 5.33 Å². The van der Waals surface area contributed by atoms with Crippen LogP contribution in [0.1, 0.15) is 46.0 Å². The van der Waals surface area contributed by atoms with Gasteiger partial charge in [0, 0.05) is 5.33 Å². The van der Waals surface area contributed by atoms with Crippen molar-refractivity contribution in [3.63, 3.8) is 0 Å². The molecule has 2 atom stereocenters. The lowest BCUT2D eigenvalue weighted by Gasteiger charge is -2.38. The summed E-state index contributed by atoms with van der Waals surface area (Å²) < 4.78 is 6.02. The first-order chi connectivity index (χ1) is 5.70. The average molecular weight is 235 g/mol. The molecule has 12 heavy (non-hydrogen) atoms. The normalized spacial score (nSPS) is 36.8. The summed E-state index contributed by atoms with van der Waals surface area (Å²) in [5.41, 5.74) is 0.172. The summed E-state index contributed by atoms with van der Waals surface area (Å²) >= 11 is 3.49. The molecule has 0 bridgehead atoms. The van der Waals surface area contributed by atoms with Crippen LogP contribution in [0.5, 0.6) is 0 Å². The summed E-state index contributed by atoms with van der Waals surface area (Å²) in [5.74, 6) is 0. The van der Waals surface area contributed by atoms with Gasteiger partial charge in [-0.3, -0.25) is 0 Å². The van der Waals surface area contributed by atoms with Gasteiger partial charge in [0.15, 0.2) is 0 Å². The molecule has 0 aromatic carbocycles. The second-order valence-corrected chi connectivity index (χ2v) is 4.63. The van der Waals surface area contributed by atoms with Gasteiger partial charge in [-0.25, -0.2) is 0 Å². The highest BCUT2D eigenvalue weighted by Gasteiger charge is 2.31. The molecule has 0 amide bonds. The average Bonchev–Trinajstić information content (AvgIpc) is 2.04. The zero-order chi connectivity index (χ0) is 9.03. The van der Waals surface area contributed by atoms with Crippen molar-refractivity contribution in [2.24, 2.45) is 0 Å². The molecule has 1 fully saturated rings. The van der Waals surface area contributed by atoms with Gasteiger partial charge in [-0.05, 0) is 32.6 Å². The van der Waals surface area contributed by atoms with E-state index in [2.05, 4.69) is 29.8 Å². The topological polar surface area (TPSA) is 9.23 Å². The second kappa shape index (κ2) is 4.61. The van der Waals surface area contributed by atoms with Gasteiger partial charge in [0.2, 0.25) is 0 Å². The first-order valence-corrected chi connectivity index (χ1v) is 6.06. The first kappa shape index (κ1) is 10.5. The van der Waals surface area contributed by atoms with Crippen molar-refractivity contribution in [1.82, 2.24) is 0 Å². The Bertz CT molecular complexity index is 134. The van der Waals surface area contributed by atoms with Crippen LogP contribution in [0.3, 0.4) is 0 Å². The lowest BCUT2D eigenvalue weighted by Crippen LogP contribution is -2.38. The van der Waals surface area contributed by atoms with E-state index in [-0.39, 0.29) is 5.60 Å². The summed E-state index contributed by atoms with van der Waals surface area (Å²) in [4.78, 5) is 0. The number of hydrogen-bond acceptors (Lipinski definition) is 1. The molecule has 2 unspecified atom stereocenters. The van der Waals surface area contributed by atoms with E-state index in [1.54, 1.807) is 0 Å². The Labute approximate surface area is 84.0 Å². The SMILES string of the molecule is CCCC1(C)CCCC(CBr)O1. The van der Waals surface area contributed by atoms with Crippen molar-refractivity contribution in [1.29, 1.82) is 0 Å². The summed E-state index contributed by atoms with van der Waals surface area (Å²) in [6.07, 6.45) is 6.68. The minimum absolute atomic E-state index is 0.172. The molecule has 72 valence electrons. The Balaban J connectivity index is 2.43. The van der Waals surface area contributed by atoms with Crippen LogP contribution in [-0.2, 0) is 4.74 Å². The summed E-state index contributed by atoms with van der Waals surface area (Å²) in [5, 5.41) is 0.992. The van der Waals surface area contributed by atoms with E-state index in [0.29, 0.717) is 6.10 Å². The minimum Gasteiger partial charge on any atom is -0.371 e. The third-order valence-corrected chi connectivity index (χ3v) is 3.36. The van der Waals surface area contributed by atoms with Crippen LogP contribution in [0.15, 0.2) is 0 Å². The second-order valence-electron chi connectivity index (χ2n) is 3.99. The van der Waals surface area contributed by atoms with E-state index in [9.17, 15) is 0 Å². The van der Waals surface area contributed by atoms with Crippen LogP contribution in [0.2, 0.25) is 0 Å². The highest BCUT2D eigenvalue weighted by atomic mass is 79.9. The molecular formula is C10H19BrO. The fraction of sp³-hybridized carbons (Fsp3) is 1.00. The van der Waals surface area contributed by atoms with Crippen LogP contribution >= 0.6 is 15.9 Å². The Morgan fingerprint density at radius 2 is 2.33 bits per heavy atom. The summed E-state index contributed by atoms with van der Waals surface area (Å²) in [7, 11) is 0. The molecule has 0 radical (unpaired) electrons. The van der Waals surface area contributed by atoms with E-state index in [1.807, 2.05) is 0 Å². The number of ether oxygens (including phenoxy) is 1. The molecule has 1 rings (SSSR count). The van der Waals surface area contributed by atoms with Crippen LogP contribution < -0.4 is 0 Å². The first-order valence-electron chi connectivity index (χ1n) is 4.94. The number of hydrogen-bond donors (Lipinski definition) is 0. The minimum atomic E-state index is 0.172. The highest BCUT2D eigenvalue weighted by molar-refractivity contribution is 9.09. The molecule has 1 aliphatic heterocycles. The quantitative estimate of drug-likeness (QED) is 0.680. The predicted molar refractivity (Wildman–Crippen MR) is 55.8 cm³/mol. The zero-order valence-electron chi connectivity index (χ0n) is 8.11. The van der Waals surface area contributed by atoms with Crippen molar-refractivity contribution < 1.29 is 4.74 Å². The molecule has 1 aliphatic rings. The lowest BCUT2D eigenvalue weighted by atomic mass is 9.90. The maximum absolute atomic E-state index is 6.02. The largest absolute Gasteiger partial charge is 0.371 e. The predicted octanol–water partition coefficient (Wildman–Crippen LogP) is 3.51. The van der Waals surface area contributed by atoms with E-state index < -0.39 is 0 Å². The number of alkyl halides is 1. The van der Waals surface area contributed by atoms with Gasteiger partial charge in [0.1, 0.15) is 0 Å². The summed E-state index contributed by atoms with van der Waals surface area (Å²) in [6.45, 7) is 4.48. The van der Waals surface area contributed by atoms with Crippen molar-refractivity contribution in [3.05, 3.63) is 0 Å². The molecule has 1 saturated heterocycles. The maximum atomic E-state index is 6.02. The molecule has 0 N–H and O–H groups in total. The van der Waals surface area contributed by atoms with E-state index in [1.165, 1.54) is 32.1 Å². The van der Waals surface area contributed by atoms with Gasteiger partial charge in [0.05, 0.1) is 11.7 Å². The lowest BCUT2D eigenvalue weighted by molar-refractivity contribution is -0.112. The Morgan fingerprint density at radius 1 is 1.58 bits per heavy atom. The van der Waals surface area contributed by atoms with Crippen LogP contribution in [0.25, 0.3) is 0 Å². The molecule has 1 heterocycles. The highest BCUT2D eigenvalue weighted by Crippen LogP contribution is 2.32. The molecule has 0 saturated carbocycles. The maximum Gasteiger partial charge on any atom is 0.0679 e. The van der Waals surface area contributed by atoms with Gasteiger partial charge >= 0.3 is 0 Å².